The van der Waals surface area contributed by atoms with Crippen molar-refractivity contribution < 1.29 is 47.6 Å². The first-order chi connectivity index (χ1) is 13.6. The number of ether oxygens (including phenoxy) is 6. The maximum Gasteiger partial charge on any atom is 0.303 e. The average molecular weight is 417 g/mol. The number of carbonyl (C=O) groups excluding carboxylic acids is 4. The Balaban J connectivity index is 3.22. The summed E-state index contributed by atoms with van der Waals surface area (Å²) >= 11 is 0. The molecule has 1 heterocycles. The lowest BCUT2D eigenvalue weighted by molar-refractivity contribution is -0.307. The Labute approximate surface area is 166 Å². The molecule has 0 radical (unpaired) electrons. The number of nitrogens with zero attached hydrogens (tertiary/aromatic N) is 3. The molecule has 5 atom stereocenters. The van der Waals surface area contributed by atoms with Crippen molar-refractivity contribution in [2.45, 2.75) is 58.4 Å². The molecule has 162 valence electrons. The molecule has 0 bridgehead atoms. The van der Waals surface area contributed by atoms with Gasteiger partial charge in [-0.2, -0.15) is 0 Å². The highest BCUT2D eigenvalue weighted by atomic mass is 16.7. The summed E-state index contributed by atoms with van der Waals surface area (Å²) in [6, 6.07) is 0. The highest BCUT2D eigenvalue weighted by Gasteiger charge is 2.52. The van der Waals surface area contributed by atoms with Gasteiger partial charge in [-0.1, -0.05) is 5.11 Å². The Kier molecular flexibility index (Phi) is 9.86. The van der Waals surface area contributed by atoms with Gasteiger partial charge in [0, 0.05) is 39.2 Å². The quantitative estimate of drug-likeness (QED) is 0.128. The van der Waals surface area contributed by atoms with E-state index in [1.165, 1.54) is 6.92 Å². The highest BCUT2D eigenvalue weighted by molar-refractivity contribution is 5.68. The predicted molar refractivity (Wildman–Crippen MR) is 91.9 cm³/mol. The van der Waals surface area contributed by atoms with Crippen molar-refractivity contribution in [3.63, 3.8) is 0 Å². The zero-order valence-corrected chi connectivity index (χ0v) is 16.4. The molecule has 0 spiro atoms. The van der Waals surface area contributed by atoms with E-state index in [0.29, 0.717) is 0 Å². The molecule has 0 aliphatic carbocycles. The van der Waals surface area contributed by atoms with Gasteiger partial charge in [0.05, 0.1) is 6.61 Å². The number of azide groups is 1. The normalized spacial score (nSPS) is 25.9. The fraction of sp³-hybridized carbons (Fsp3) is 0.750. The summed E-state index contributed by atoms with van der Waals surface area (Å²) in [5.41, 5.74) is 8.35. The lowest BCUT2D eigenvalue weighted by Gasteiger charge is -2.44. The fourth-order valence-electron chi connectivity index (χ4n) is 2.58. The zero-order chi connectivity index (χ0) is 22.0. The SMILES string of the molecule is CC(=O)OC[C@H]1OC(OCCN=[N+]=[N-])[C@@H](OC(C)=O)[C@@H](OC(C)=O)[C@@H]1OC(C)=O. The first-order valence-electron chi connectivity index (χ1n) is 8.58. The molecule has 1 aliphatic heterocycles. The molecule has 0 amide bonds. The number of hydrogen-bond acceptors (Lipinski definition) is 11. The van der Waals surface area contributed by atoms with Crippen LogP contribution in [0.4, 0.5) is 0 Å². The molecule has 1 unspecified atom stereocenters. The van der Waals surface area contributed by atoms with Crippen LogP contribution >= 0.6 is 0 Å². The number of hydrogen-bond donors (Lipinski definition) is 0. The molecule has 0 saturated carbocycles. The standard InChI is InChI=1S/C16H23N3O10/c1-8(20)25-7-12-13(26-9(2)21)14(27-10(3)22)15(28-11(4)23)16(29-12)24-6-5-18-19-17/h12-16H,5-7H2,1-4H3/t12-,13-,14+,15+,16?/m1/s1. The lowest BCUT2D eigenvalue weighted by atomic mass is 9.98. The van der Waals surface area contributed by atoms with Gasteiger partial charge in [-0.3, -0.25) is 19.2 Å². The molecule has 29 heavy (non-hydrogen) atoms. The topological polar surface area (TPSA) is 172 Å². The summed E-state index contributed by atoms with van der Waals surface area (Å²) in [7, 11) is 0. The minimum atomic E-state index is -1.31. The van der Waals surface area contributed by atoms with Gasteiger partial charge >= 0.3 is 23.9 Å². The Morgan fingerprint density at radius 1 is 0.897 bits per heavy atom. The Bertz CT molecular complexity index is 663. The van der Waals surface area contributed by atoms with Crippen molar-refractivity contribution in [3.8, 4) is 0 Å². The van der Waals surface area contributed by atoms with Gasteiger partial charge in [0.1, 0.15) is 12.7 Å². The second kappa shape index (κ2) is 11.8. The minimum Gasteiger partial charge on any atom is -0.463 e. The monoisotopic (exact) mass is 417 g/mol. The summed E-state index contributed by atoms with van der Waals surface area (Å²) < 4.78 is 31.7. The second-order valence-corrected chi connectivity index (χ2v) is 5.89. The van der Waals surface area contributed by atoms with Gasteiger partial charge in [-0.25, -0.2) is 0 Å². The summed E-state index contributed by atoms with van der Waals surface area (Å²) in [4.78, 5) is 48.5. The molecular weight excluding hydrogens is 394 g/mol. The van der Waals surface area contributed by atoms with Gasteiger partial charge in [-0.05, 0) is 5.53 Å². The van der Waals surface area contributed by atoms with Crippen LogP contribution in [0.25, 0.3) is 10.4 Å². The van der Waals surface area contributed by atoms with E-state index in [1.54, 1.807) is 0 Å². The third kappa shape index (κ3) is 8.34. The number of esters is 4. The van der Waals surface area contributed by atoms with Crippen molar-refractivity contribution >= 4 is 23.9 Å². The van der Waals surface area contributed by atoms with Crippen molar-refractivity contribution in [2.24, 2.45) is 5.11 Å². The van der Waals surface area contributed by atoms with Gasteiger partial charge in [0.2, 0.25) is 0 Å². The predicted octanol–water partition coefficient (Wildman–Crippen LogP) is 0.396. The van der Waals surface area contributed by atoms with Crippen LogP contribution in [0.2, 0.25) is 0 Å². The van der Waals surface area contributed by atoms with E-state index in [2.05, 4.69) is 10.0 Å². The van der Waals surface area contributed by atoms with Crippen LogP contribution < -0.4 is 0 Å². The van der Waals surface area contributed by atoms with Crippen molar-refractivity contribution in [1.82, 2.24) is 0 Å². The third-order valence-electron chi connectivity index (χ3n) is 3.48. The molecule has 0 N–H and O–H groups in total. The summed E-state index contributed by atoms with van der Waals surface area (Å²) in [5.74, 6) is -2.83. The van der Waals surface area contributed by atoms with E-state index in [-0.39, 0.29) is 19.8 Å². The van der Waals surface area contributed by atoms with Gasteiger partial charge in [0.15, 0.2) is 24.6 Å². The Morgan fingerprint density at radius 3 is 1.97 bits per heavy atom. The summed E-state index contributed by atoms with van der Waals surface area (Å²) in [6.07, 6.45) is -6.25. The van der Waals surface area contributed by atoms with Crippen LogP contribution in [0.15, 0.2) is 5.11 Å². The molecule has 0 aromatic rings. The van der Waals surface area contributed by atoms with E-state index in [9.17, 15) is 19.2 Å². The van der Waals surface area contributed by atoms with Crippen LogP contribution in [0.5, 0.6) is 0 Å². The highest BCUT2D eigenvalue weighted by Crippen LogP contribution is 2.29. The summed E-state index contributed by atoms with van der Waals surface area (Å²) in [6.45, 7) is 4.01. The smallest absolute Gasteiger partial charge is 0.303 e. The molecule has 1 aliphatic rings. The Morgan fingerprint density at radius 2 is 1.45 bits per heavy atom. The largest absolute Gasteiger partial charge is 0.463 e. The van der Waals surface area contributed by atoms with E-state index in [0.717, 1.165) is 20.8 Å². The molecule has 1 fully saturated rings. The van der Waals surface area contributed by atoms with Crippen molar-refractivity contribution in [3.05, 3.63) is 10.4 Å². The van der Waals surface area contributed by atoms with E-state index in [1.807, 2.05) is 0 Å². The minimum absolute atomic E-state index is 0.0522. The average Bonchev–Trinajstić information content (AvgIpc) is 2.60. The fourth-order valence-corrected chi connectivity index (χ4v) is 2.58. The maximum absolute atomic E-state index is 11.6. The molecule has 13 nitrogen and oxygen atoms in total. The van der Waals surface area contributed by atoms with Gasteiger partial charge < -0.3 is 28.4 Å². The number of rotatable bonds is 9. The van der Waals surface area contributed by atoms with Crippen LogP contribution in [0.3, 0.4) is 0 Å². The van der Waals surface area contributed by atoms with Crippen LogP contribution in [0, 0.1) is 0 Å². The lowest BCUT2D eigenvalue weighted by Crippen LogP contribution is -2.63. The Hall–Kier alpha value is -2.89. The van der Waals surface area contributed by atoms with Gasteiger partial charge in [-0.15, -0.1) is 0 Å². The van der Waals surface area contributed by atoms with Crippen LogP contribution in [-0.4, -0.2) is 74.3 Å². The van der Waals surface area contributed by atoms with E-state index < -0.39 is 54.6 Å². The van der Waals surface area contributed by atoms with Crippen LogP contribution in [0.1, 0.15) is 27.7 Å². The molecule has 0 aromatic heterocycles. The van der Waals surface area contributed by atoms with Gasteiger partial charge in [0.25, 0.3) is 0 Å². The van der Waals surface area contributed by atoms with Crippen molar-refractivity contribution in [2.75, 3.05) is 19.8 Å². The molecule has 13 heteroatoms. The zero-order valence-electron chi connectivity index (χ0n) is 16.4. The second-order valence-electron chi connectivity index (χ2n) is 5.89. The first-order valence-corrected chi connectivity index (χ1v) is 8.58. The summed E-state index contributed by atoms with van der Waals surface area (Å²) in [5, 5.41) is 3.31. The third-order valence-corrected chi connectivity index (χ3v) is 3.48. The molecule has 1 saturated heterocycles. The maximum atomic E-state index is 11.6. The molecular formula is C16H23N3O10. The van der Waals surface area contributed by atoms with Crippen molar-refractivity contribution in [1.29, 1.82) is 0 Å². The molecule has 1 rings (SSSR count). The van der Waals surface area contributed by atoms with Crippen LogP contribution in [-0.2, 0) is 47.6 Å². The first kappa shape index (κ1) is 24.1. The molecule has 0 aromatic carbocycles. The van der Waals surface area contributed by atoms with E-state index in [4.69, 9.17) is 34.0 Å². The number of carbonyl (C=O) groups is 4. The van der Waals surface area contributed by atoms with E-state index >= 15 is 0 Å².